The molecule has 0 fully saturated rings. The number of aromatic nitrogens is 2. The molecule has 0 aliphatic carbocycles. The van der Waals surface area contributed by atoms with Gasteiger partial charge in [0.05, 0.1) is 11.8 Å². The first-order valence-corrected chi connectivity index (χ1v) is 7.99. The highest BCUT2D eigenvalue weighted by Crippen LogP contribution is 2.32. The van der Waals surface area contributed by atoms with Crippen molar-refractivity contribution in [3.63, 3.8) is 0 Å². The Balaban J connectivity index is 1.83. The maximum Gasteiger partial charge on any atom is 0.416 e. The van der Waals surface area contributed by atoms with Crippen LogP contribution < -0.4 is 10.6 Å². The van der Waals surface area contributed by atoms with Crippen molar-refractivity contribution in [1.29, 1.82) is 0 Å². The zero-order valence-corrected chi connectivity index (χ0v) is 14.4. The Morgan fingerprint density at radius 3 is 2.38 bits per heavy atom. The van der Waals surface area contributed by atoms with Crippen LogP contribution in [0.2, 0.25) is 5.02 Å². The van der Waals surface area contributed by atoms with Gasteiger partial charge in [0.15, 0.2) is 5.82 Å². The van der Waals surface area contributed by atoms with Gasteiger partial charge >= 0.3 is 6.18 Å². The first-order chi connectivity index (χ1) is 12.3. The van der Waals surface area contributed by atoms with Crippen LogP contribution in [0.25, 0.3) is 0 Å². The zero-order valence-electron chi connectivity index (χ0n) is 13.6. The first kappa shape index (κ1) is 18.0. The molecule has 2 aromatic carbocycles. The minimum Gasteiger partial charge on any atom is -0.339 e. The van der Waals surface area contributed by atoms with Gasteiger partial charge in [0, 0.05) is 11.4 Å². The molecule has 0 atom stereocenters. The topological polar surface area (TPSA) is 49.8 Å². The quantitative estimate of drug-likeness (QED) is 0.589. The van der Waals surface area contributed by atoms with E-state index in [0.29, 0.717) is 0 Å². The van der Waals surface area contributed by atoms with Crippen molar-refractivity contribution < 1.29 is 13.2 Å². The molecular weight excluding hydrogens is 365 g/mol. The number of halogens is 4. The fourth-order valence-corrected chi connectivity index (χ4v) is 2.33. The summed E-state index contributed by atoms with van der Waals surface area (Å²) in [6.07, 6.45) is -3.05. The number of alkyl halides is 3. The van der Waals surface area contributed by atoms with Crippen molar-refractivity contribution in [1.82, 2.24) is 9.97 Å². The molecule has 0 bridgehead atoms. The second kappa shape index (κ2) is 7.21. The maximum atomic E-state index is 12.8. The van der Waals surface area contributed by atoms with Gasteiger partial charge in [0.1, 0.15) is 5.02 Å². The Morgan fingerprint density at radius 1 is 0.962 bits per heavy atom. The summed E-state index contributed by atoms with van der Waals surface area (Å²) in [6, 6.07) is 12.4. The highest BCUT2D eigenvalue weighted by atomic mass is 35.5. The molecule has 1 aromatic heterocycles. The van der Waals surface area contributed by atoms with Crippen LogP contribution >= 0.6 is 11.6 Å². The fourth-order valence-electron chi connectivity index (χ4n) is 2.19. The van der Waals surface area contributed by atoms with Crippen molar-refractivity contribution in [2.24, 2.45) is 0 Å². The van der Waals surface area contributed by atoms with E-state index in [1.54, 1.807) is 0 Å². The van der Waals surface area contributed by atoms with E-state index in [-0.39, 0.29) is 22.5 Å². The summed E-state index contributed by atoms with van der Waals surface area (Å²) in [7, 11) is 0. The van der Waals surface area contributed by atoms with Gasteiger partial charge in [0.25, 0.3) is 0 Å². The SMILES string of the molecule is Cc1ccc(Nc2ncc(Cl)c(Nc3cccc(C(F)(F)F)c3)n2)cc1. The van der Waals surface area contributed by atoms with E-state index < -0.39 is 11.7 Å². The van der Waals surface area contributed by atoms with E-state index >= 15 is 0 Å². The Morgan fingerprint density at radius 2 is 1.69 bits per heavy atom. The molecule has 8 heteroatoms. The highest BCUT2D eigenvalue weighted by molar-refractivity contribution is 6.32. The van der Waals surface area contributed by atoms with Crippen molar-refractivity contribution in [2.75, 3.05) is 10.6 Å². The number of nitrogens with one attached hydrogen (secondary N) is 2. The van der Waals surface area contributed by atoms with Crippen LogP contribution in [0.3, 0.4) is 0 Å². The maximum absolute atomic E-state index is 12.8. The van der Waals surface area contributed by atoms with Crippen LogP contribution in [0.15, 0.2) is 54.7 Å². The van der Waals surface area contributed by atoms with Gasteiger partial charge in [-0.3, -0.25) is 0 Å². The lowest BCUT2D eigenvalue weighted by Crippen LogP contribution is -2.06. The molecular formula is C18H14ClF3N4. The Bertz CT molecular complexity index is 911. The molecule has 0 unspecified atom stereocenters. The van der Waals surface area contributed by atoms with Crippen LogP contribution in [-0.2, 0) is 6.18 Å². The van der Waals surface area contributed by atoms with Crippen LogP contribution in [0, 0.1) is 6.92 Å². The largest absolute Gasteiger partial charge is 0.416 e. The van der Waals surface area contributed by atoms with Gasteiger partial charge in [0.2, 0.25) is 5.95 Å². The van der Waals surface area contributed by atoms with Gasteiger partial charge < -0.3 is 10.6 Å². The summed E-state index contributed by atoms with van der Waals surface area (Å²) in [5, 5.41) is 6.01. The molecule has 0 saturated heterocycles. The zero-order chi connectivity index (χ0) is 18.7. The third-order valence-corrected chi connectivity index (χ3v) is 3.78. The van der Waals surface area contributed by atoms with E-state index in [9.17, 15) is 13.2 Å². The summed E-state index contributed by atoms with van der Waals surface area (Å²) in [6.45, 7) is 1.97. The van der Waals surface area contributed by atoms with Crippen LogP contribution in [0.1, 0.15) is 11.1 Å². The average Bonchev–Trinajstić information content (AvgIpc) is 2.59. The summed E-state index contributed by atoms with van der Waals surface area (Å²) in [5.41, 5.74) is 1.36. The fraction of sp³-hybridized carbons (Fsp3) is 0.111. The molecule has 4 nitrogen and oxygen atoms in total. The van der Waals surface area contributed by atoms with E-state index in [4.69, 9.17) is 11.6 Å². The standard InChI is InChI=1S/C18H14ClF3N4/c1-11-5-7-13(8-6-11)25-17-23-10-15(19)16(26-17)24-14-4-2-3-12(9-14)18(20,21)22/h2-10H,1H3,(H2,23,24,25,26). The van der Waals surface area contributed by atoms with Gasteiger partial charge in [-0.2, -0.15) is 18.2 Å². The van der Waals surface area contributed by atoms with Crippen LogP contribution in [0.4, 0.5) is 36.3 Å². The van der Waals surface area contributed by atoms with Gasteiger partial charge in [-0.1, -0.05) is 35.4 Å². The Kier molecular flexibility index (Phi) is 4.99. The summed E-state index contributed by atoms with van der Waals surface area (Å²) in [4.78, 5) is 8.31. The predicted molar refractivity (Wildman–Crippen MR) is 96.2 cm³/mol. The van der Waals surface area contributed by atoms with E-state index in [1.807, 2.05) is 31.2 Å². The average molecular weight is 379 g/mol. The van der Waals surface area contributed by atoms with Gasteiger partial charge in [-0.25, -0.2) is 4.98 Å². The molecule has 3 aromatic rings. The number of benzene rings is 2. The second-order valence-corrected chi connectivity index (χ2v) is 5.99. The summed E-state index contributed by atoms with van der Waals surface area (Å²) < 4.78 is 38.5. The smallest absolute Gasteiger partial charge is 0.339 e. The first-order valence-electron chi connectivity index (χ1n) is 7.62. The number of nitrogens with zero attached hydrogens (tertiary/aromatic N) is 2. The molecule has 0 spiro atoms. The molecule has 0 aliphatic rings. The Hall–Kier alpha value is -2.80. The Labute approximate surface area is 153 Å². The van der Waals surface area contributed by atoms with Crippen LogP contribution in [0.5, 0.6) is 0 Å². The molecule has 0 amide bonds. The van der Waals surface area contributed by atoms with Gasteiger partial charge in [-0.15, -0.1) is 0 Å². The molecule has 0 saturated carbocycles. The number of anilines is 4. The number of rotatable bonds is 4. The minimum absolute atomic E-state index is 0.192. The lowest BCUT2D eigenvalue weighted by Gasteiger charge is -2.12. The van der Waals surface area contributed by atoms with Crippen molar-refractivity contribution in [3.8, 4) is 0 Å². The second-order valence-electron chi connectivity index (χ2n) is 5.58. The third-order valence-electron chi connectivity index (χ3n) is 3.50. The van der Waals surface area contributed by atoms with E-state index in [2.05, 4.69) is 20.6 Å². The molecule has 1 heterocycles. The van der Waals surface area contributed by atoms with E-state index in [1.165, 1.54) is 18.3 Å². The third kappa shape index (κ3) is 4.43. The molecule has 2 N–H and O–H groups in total. The van der Waals surface area contributed by atoms with Crippen LogP contribution in [-0.4, -0.2) is 9.97 Å². The van der Waals surface area contributed by atoms with Crippen molar-refractivity contribution >= 4 is 34.7 Å². The van der Waals surface area contributed by atoms with Crippen molar-refractivity contribution in [3.05, 3.63) is 70.9 Å². The van der Waals surface area contributed by atoms with Crippen molar-refractivity contribution in [2.45, 2.75) is 13.1 Å². The predicted octanol–water partition coefficient (Wildman–Crippen LogP) is 5.94. The minimum atomic E-state index is -4.43. The highest BCUT2D eigenvalue weighted by Gasteiger charge is 2.30. The number of hydrogen-bond acceptors (Lipinski definition) is 4. The molecule has 26 heavy (non-hydrogen) atoms. The van der Waals surface area contributed by atoms with E-state index in [0.717, 1.165) is 23.4 Å². The normalized spacial score (nSPS) is 11.3. The lowest BCUT2D eigenvalue weighted by molar-refractivity contribution is -0.137. The number of aryl methyl sites for hydroxylation is 1. The molecule has 134 valence electrons. The molecule has 0 radical (unpaired) electrons. The van der Waals surface area contributed by atoms with Gasteiger partial charge in [-0.05, 0) is 37.3 Å². The molecule has 3 rings (SSSR count). The number of hydrogen-bond donors (Lipinski definition) is 2. The lowest BCUT2D eigenvalue weighted by atomic mass is 10.2. The summed E-state index contributed by atoms with van der Waals surface area (Å²) >= 11 is 6.06. The summed E-state index contributed by atoms with van der Waals surface area (Å²) in [5.74, 6) is 0.475. The monoisotopic (exact) mass is 378 g/mol. The molecule has 0 aliphatic heterocycles.